The Kier molecular flexibility index (Phi) is 4.20. The molecule has 1 amide bonds. The van der Waals surface area contributed by atoms with Crippen LogP contribution in [0, 0.1) is 0 Å². The summed E-state index contributed by atoms with van der Waals surface area (Å²) in [5, 5.41) is 3.02. The summed E-state index contributed by atoms with van der Waals surface area (Å²) in [5.74, 6) is 0.992. The van der Waals surface area contributed by atoms with Crippen LogP contribution in [-0.4, -0.2) is 29.4 Å². The van der Waals surface area contributed by atoms with Crippen molar-refractivity contribution >= 4 is 17.2 Å². The molecule has 1 aromatic heterocycles. The standard InChI is InChI=1S/C16H18N2O2S/c1-20-13-6-4-12(5-7-13)11-15(19)18-9-2-3-14(18)16-17-8-10-21-16/h4-8,10,14H,2-3,9,11H2,1H3. The van der Waals surface area contributed by atoms with E-state index in [9.17, 15) is 4.79 Å². The first kappa shape index (κ1) is 14.1. The van der Waals surface area contributed by atoms with Crippen molar-refractivity contribution in [3.8, 4) is 5.75 Å². The summed E-state index contributed by atoms with van der Waals surface area (Å²) in [6.45, 7) is 0.833. The lowest BCUT2D eigenvalue weighted by atomic mass is 10.1. The van der Waals surface area contributed by atoms with Crippen molar-refractivity contribution in [2.45, 2.75) is 25.3 Å². The van der Waals surface area contributed by atoms with E-state index in [1.54, 1.807) is 18.4 Å². The van der Waals surface area contributed by atoms with Crippen LogP contribution < -0.4 is 4.74 Å². The summed E-state index contributed by atoms with van der Waals surface area (Å²) in [5.41, 5.74) is 1.02. The Morgan fingerprint density at radius 1 is 1.43 bits per heavy atom. The Balaban J connectivity index is 1.69. The highest BCUT2D eigenvalue weighted by Gasteiger charge is 2.31. The Hall–Kier alpha value is -1.88. The number of carbonyl (C=O) groups excluding carboxylic acids is 1. The zero-order valence-corrected chi connectivity index (χ0v) is 12.8. The maximum absolute atomic E-state index is 12.5. The van der Waals surface area contributed by atoms with Gasteiger partial charge in [0.15, 0.2) is 0 Å². The van der Waals surface area contributed by atoms with Gasteiger partial charge in [-0.25, -0.2) is 4.98 Å². The fourth-order valence-electron chi connectivity index (χ4n) is 2.74. The third-order valence-corrected chi connectivity index (χ3v) is 4.70. The minimum absolute atomic E-state index is 0.163. The molecule has 1 atom stereocenters. The van der Waals surface area contributed by atoms with E-state index in [4.69, 9.17) is 4.74 Å². The van der Waals surface area contributed by atoms with Crippen LogP contribution >= 0.6 is 11.3 Å². The van der Waals surface area contributed by atoms with Gasteiger partial charge in [-0.05, 0) is 30.5 Å². The lowest BCUT2D eigenvalue weighted by Gasteiger charge is -2.23. The smallest absolute Gasteiger partial charge is 0.227 e. The first-order chi connectivity index (χ1) is 10.3. The number of methoxy groups -OCH3 is 1. The van der Waals surface area contributed by atoms with Gasteiger partial charge in [0.2, 0.25) is 5.91 Å². The number of benzene rings is 1. The van der Waals surface area contributed by atoms with E-state index >= 15 is 0 Å². The van der Waals surface area contributed by atoms with Crippen LogP contribution in [0.2, 0.25) is 0 Å². The monoisotopic (exact) mass is 302 g/mol. The van der Waals surface area contributed by atoms with Crippen molar-refractivity contribution in [2.24, 2.45) is 0 Å². The van der Waals surface area contributed by atoms with Gasteiger partial charge in [0.05, 0.1) is 19.6 Å². The van der Waals surface area contributed by atoms with Crippen LogP contribution in [0.1, 0.15) is 29.5 Å². The summed E-state index contributed by atoms with van der Waals surface area (Å²) < 4.78 is 5.14. The van der Waals surface area contributed by atoms with Gasteiger partial charge in [-0.2, -0.15) is 0 Å². The second-order valence-corrected chi connectivity index (χ2v) is 6.07. The van der Waals surface area contributed by atoms with Gasteiger partial charge >= 0.3 is 0 Å². The molecule has 1 fully saturated rings. The summed E-state index contributed by atoms with van der Waals surface area (Å²) in [4.78, 5) is 18.9. The number of rotatable bonds is 4. The predicted octanol–water partition coefficient (Wildman–Crippen LogP) is 3.06. The lowest BCUT2D eigenvalue weighted by molar-refractivity contribution is -0.131. The molecule has 4 nitrogen and oxygen atoms in total. The van der Waals surface area contributed by atoms with Gasteiger partial charge in [0.1, 0.15) is 10.8 Å². The Labute approximate surface area is 128 Å². The molecule has 0 bridgehead atoms. The molecule has 110 valence electrons. The van der Waals surface area contributed by atoms with Crippen LogP contribution in [0.25, 0.3) is 0 Å². The SMILES string of the molecule is COc1ccc(CC(=O)N2CCCC2c2nccs2)cc1. The van der Waals surface area contributed by atoms with E-state index in [1.807, 2.05) is 40.7 Å². The number of hydrogen-bond donors (Lipinski definition) is 0. The van der Waals surface area contributed by atoms with Gasteiger partial charge in [-0.1, -0.05) is 12.1 Å². The zero-order chi connectivity index (χ0) is 14.7. The van der Waals surface area contributed by atoms with Crippen molar-refractivity contribution in [3.63, 3.8) is 0 Å². The molecule has 0 spiro atoms. The number of amides is 1. The van der Waals surface area contributed by atoms with Crippen molar-refractivity contribution in [1.29, 1.82) is 0 Å². The van der Waals surface area contributed by atoms with Crippen molar-refractivity contribution in [3.05, 3.63) is 46.4 Å². The highest BCUT2D eigenvalue weighted by Crippen LogP contribution is 2.33. The van der Waals surface area contributed by atoms with Gasteiger partial charge < -0.3 is 9.64 Å². The van der Waals surface area contributed by atoms with Gasteiger partial charge in [0, 0.05) is 18.1 Å². The highest BCUT2D eigenvalue weighted by molar-refractivity contribution is 7.09. The maximum Gasteiger partial charge on any atom is 0.227 e. The van der Waals surface area contributed by atoms with E-state index < -0.39 is 0 Å². The average Bonchev–Trinajstić information content (AvgIpc) is 3.18. The lowest BCUT2D eigenvalue weighted by Crippen LogP contribution is -2.31. The van der Waals surface area contributed by atoms with Crippen LogP contribution in [0.3, 0.4) is 0 Å². The normalized spacial score (nSPS) is 18.0. The summed E-state index contributed by atoms with van der Waals surface area (Å²) in [6.07, 6.45) is 4.32. The number of thiazole rings is 1. The molecule has 0 saturated carbocycles. The topological polar surface area (TPSA) is 42.4 Å². The quantitative estimate of drug-likeness (QED) is 0.871. The van der Waals surface area contributed by atoms with Crippen LogP contribution in [0.15, 0.2) is 35.8 Å². The zero-order valence-electron chi connectivity index (χ0n) is 12.0. The molecule has 1 aliphatic heterocycles. The van der Waals surface area contributed by atoms with Crippen molar-refractivity contribution in [1.82, 2.24) is 9.88 Å². The summed E-state index contributed by atoms with van der Waals surface area (Å²) in [6, 6.07) is 7.85. The average molecular weight is 302 g/mol. The number of hydrogen-bond acceptors (Lipinski definition) is 4. The van der Waals surface area contributed by atoms with E-state index in [-0.39, 0.29) is 11.9 Å². The number of ether oxygens (including phenoxy) is 1. The van der Waals surface area contributed by atoms with Crippen LogP contribution in [0.4, 0.5) is 0 Å². The van der Waals surface area contributed by atoms with E-state index in [0.717, 1.165) is 35.7 Å². The largest absolute Gasteiger partial charge is 0.497 e. The number of carbonyl (C=O) groups is 1. The molecule has 2 heterocycles. The molecule has 1 aromatic carbocycles. The Bertz CT molecular complexity index is 595. The second kappa shape index (κ2) is 6.26. The molecule has 1 saturated heterocycles. The molecule has 0 radical (unpaired) electrons. The Morgan fingerprint density at radius 2 is 2.24 bits per heavy atom. The molecular formula is C16H18N2O2S. The third kappa shape index (κ3) is 3.08. The van der Waals surface area contributed by atoms with E-state index in [1.165, 1.54) is 0 Å². The first-order valence-corrected chi connectivity index (χ1v) is 7.97. The van der Waals surface area contributed by atoms with Gasteiger partial charge in [0.25, 0.3) is 0 Å². The molecule has 5 heteroatoms. The first-order valence-electron chi connectivity index (χ1n) is 7.09. The molecule has 3 rings (SSSR count). The fourth-order valence-corrected chi connectivity index (χ4v) is 3.53. The fraction of sp³-hybridized carbons (Fsp3) is 0.375. The Morgan fingerprint density at radius 3 is 2.90 bits per heavy atom. The number of aromatic nitrogens is 1. The second-order valence-electron chi connectivity index (χ2n) is 5.14. The highest BCUT2D eigenvalue weighted by atomic mass is 32.1. The van der Waals surface area contributed by atoms with Crippen LogP contribution in [0.5, 0.6) is 5.75 Å². The molecule has 0 N–H and O–H groups in total. The summed E-state index contributed by atoms with van der Waals surface area (Å²) >= 11 is 1.63. The number of likely N-dealkylation sites (tertiary alicyclic amines) is 1. The molecule has 0 aliphatic carbocycles. The number of nitrogens with zero attached hydrogens (tertiary/aromatic N) is 2. The molecule has 21 heavy (non-hydrogen) atoms. The molecular weight excluding hydrogens is 284 g/mol. The summed E-state index contributed by atoms with van der Waals surface area (Å²) in [7, 11) is 1.64. The van der Waals surface area contributed by atoms with E-state index in [2.05, 4.69) is 4.98 Å². The molecule has 1 aliphatic rings. The molecule has 1 unspecified atom stereocenters. The predicted molar refractivity (Wildman–Crippen MR) is 82.5 cm³/mol. The van der Waals surface area contributed by atoms with Crippen molar-refractivity contribution < 1.29 is 9.53 Å². The van der Waals surface area contributed by atoms with Gasteiger partial charge in [-0.3, -0.25) is 4.79 Å². The van der Waals surface area contributed by atoms with Crippen molar-refractivity contribution in [2.75, 3.05) is 13.7 Å². The maximum atomic E-state index is 12.5. The minimum Gasteiger partial charge on any atom is -0.497 e. The van der Waals surface area contributed by atoms with Gasteiger partial charge in [-0.15, -0.1) is 11.3 Å². The molecule has 2 aromatic rings. The van der Waals surface area contributed by atoms with E-state index in [0.29, 0.717) is 6.42 Å². The minimum atomic E-state index is 0.163. The van der Waals surface area contributed by atoms with Crippen LogP contribution in [-0.2, 0) is 11.2 Å². The third-order valence-electron chi connectivity index (χ3n) is 3.82.